The molecule has 0 aromatic rings. The topological polar surface area (TPSA) is 12.4 Å². The fourth-order valence-electron chi connectivity index (χ4n) is 3.41. The van der Waals surface area contributed by atoms with Gasteiger partial charge < -0.3 is 0 Å². The van der Waals surface area contributed by atoms with Gasteiger partial charge in [0.05, 0.1) is 0 Å². The zero-order valence-electron chi connectivity index (χ0n) is 11.9. The van der Waals surface area contributed by atoms with Gasteiger partial charge in [0.15, 0.2) is 0 Å². The van der Waals surface area contributed by atoms with Gasteiger partial charge in [0.1, 0.15) is 0 Å². The molecule has 3 heteroatoms. The van der Waals surface area contributed by atoms with E-state index in [1.54, 1.807) is 11.1 Å². The summed E-state index contributed by atoms with van der Waals surface area (Å²) in [6.45, 7) is 14.5. The molecule has 0 aliphatic heterocycles. The Labute approximate surface area is 139 Å². The van der Waals surface area contributed by atoms with Crippen molar-refractivity contribution in [1.29, 1.82) is 0 Å². The van der Waals surface area contributed by atoms with Gasteiger partial charge in [0, 0.05) is 0 Å². The molecule has 0 bridgehead atoms. The van der Waals surface area contributed by atoms with E-state index >= 15 is 0 Å². The third-order valence-electron chi connectivity index (χ3n) is 5.59. The van der Waals surface area contributed by atoms with Crippen LogP contribution < -0.4 is 0 Å². The second-order valence-corrected chi connectivity index (χ2v) is 10.3. The second-order valence-electron chi connectivity index (χ2n) is 5.91. The van der Waals surface area contributed by atoms with Gasteiger partial charge in [-0.3, -0.25) is 0 Å². The number of hydrogen-bond donors (Lipinski definition) is 0. The zero-order chi connectivity index (χ0) is 13.4. The van der Waals surface area contributed by atoms with Crippen molar-refractivity contribution in [3.05, 3.63) is 11.1 Å². The Bertz CT molecular complexity index is 359. The maximum absolute atomic E-state index is 4.33. The first-order valence-corrected chi connectivity index (χ1v) is 10.3. The van der Waals surface area contributed by atoms with Gasteiger partial charge in [-0.05, 0) is 0 Å². The molecule has 0 saturated carbocycles. The molecule has 6 radical (unpaired) electrons. The SMILES string of the molecule is CC1=C(C)C(C)([CH](C)[Pb])C(C)C1(C)C/C=[N]/[Pb]. The molecule has 0 heterocycles. The molecule has 1 aliphatic rings. The number of rotatable bonds is 3. The average Bonchev–Trinajstić information content (AvgIpc) is 2.42. The van der Waals surface area contributed by atoms with Crippen LogP contribution in [0.25, 0.3) is 0 Å². The minimum absolute atomic E-state index is 0.325. The summed E-state index contributed by atoms with van der Waals surface area (Å²) in [6.07, 6.45) is 3.27. The van der Waals surface area contributed by atoms with Gasteiger partial charge >= 0.3 is 140 Å². The Morgan fingerprint density at radius 2 is 1.88 bits per heavy atom. The van der Waals surface area contributed by atoms with E-state index in [9.17, 15) is 0 Å². The van der Waals surface area contributed by atoms with Gasteiger partial charge in [-0.1, -0.05) is 0 Å². The Kier molecular flexibility index (Phi) is 5.48. The van der Waals surface area contributed by atoms with Gasteiger partial charge in [-0.25, -0.2) is 0 Å². The summed E-state index contributed by atoms with van der Waals surface area (Å²) in [5, 5.41) is 0. The van der Waals surface area contributed by atoms with Crippen LogP contribution in [0.5, 0.6) is 0 Å². The monoisotopic (exact) mass is 621 g/mol. The van der Waals surface area contributed by atoms with Gasteiger partial charge in [-0.2, -0.15) is 0 Å². The molecule has 1 rings (SSSR count). The van der Waals surface area contributed by atoms with Gasteiger partial charge in [0.2, 0.25) is 0 Å². The van der Waals surface area contributed by atoms with E-state index in [1.165, 1.54) is 25.8 Å². The fourth-order valence-corrected chi connectivity index (χ4v) is 5.58. The van der Waals surface area contributed by atoms with Crippen LogP contribution in [-0.4, -0.2) is 58.0 Å². The van der Waals surface area contributed by atoms with E-state index in [4.69, 9.17) is 0 Å². The van der Waals surface area contributed by atoms with Crippen molar-refractivity contribution in [3.8, 4) is 0 Å². The molecule has 0 fully saturated rings. The van der Waals surface area contributed by atoms with Crippen molar-refractivity contribution in [2.75, 3.05) is 0 Å². The molecule has 1 aliphatic carbocycles. The summed E-state index contributed by atoms with van der Waals surface area (Å²) in [5.74, 6) is 0.724. The van der Waals surface area contributed by atoms with Crippen LogP contribution >= 0.6 is 0 Å². The number of nitrogens with zero attached hydrogens (tertiary/aromatic N) is 1. The van der Waals surface area contributed by atoms with Crippen LogP contribution in [0.4, 0.5) is 0 Å². The second kappa shape index (κ2) is 5.71. The Balaban J connectivity index is 3.24. The van der Waals surface area contributed by atoms with E-state index in [0.717, 1.165) is 41.9 Å². The molecule has 0 saturated heterocycles. The third-order valence-corrected chi connectivity index (χ3v) is 8.63. The molecule has 0 aromatic heterocycles. The first kappa shape index (κ1) is 16.3. The summed E-state index contributed by atoms with van der Waals surface area (Å²) < 4.78 is 5.17. The quantitative estimate of drug-likeness (QED) is 0.261. The van der Waals surface area contributed by atoms with E-state index in [2.05, 4.69) is 50.6 Å². The van der Waals surface area contributed by atoms with E-state index < -0.39 is 0 Å². The predicted molar refractivity (Wildman–Crippen MR) is 77.8 cm³/mol. The van der Waals surface area contributed by atoms with Crippen molar-refractivity contribution in [2.45, 2.75) is 51.4 Å². The first-order chi connectivity index (χ1) is 7.72. The van der Waals surface area contributed by atoms with Crippen molar-refractivity contribution in [1.82, 2.24) is 0 Å². The number of hydrogen-bond acceptors (Lipinski definition) is 1. The van der Waals surface area contributed by atoms with Crippen LogP contribution in [0.2, 0.25) is 3.48 Å². The Hall–Kier alpha value is 1.25. The molecule has 4 unspecified atom stereocenters. The molecule has 92 valence electrons. The van der Waals surface area contributed by atoms with Crippen LogP contribution in [0.3, 0.4) is 0 Å². The average molecular weight is 620 g/mol. The standard InChI is InChI=1S/C14H23N.2Pb/c1-7-13(5)10(2)11(3)14(6,8-9-15)12(13)4;;/h7,9,12H,8H2,1-6H3;;/q-1;;+1. The minimum atomic E-state index is 0.325. The van der Waals surface area contributed by atoms with Gasteiger partial charge in [-0.15, -0.1) is 0 Å². The summed E-state index contributed by atoms with van der Waals surface area (Å²) in [6, 6.07) is 0. The van der Waals surface area contributed by atoms with E-state index in [0.29, 0.717) is 10.8 Å². The van der Waals surface area contributed by atoms with Crippen molar-refractivity contribution in [2.24, 2.45) is 19.5 Å². The van der Waals surface area contributed by atoms with Crippen LogP contribution in [0.1, 0.15) is 48.0 Å². The summed E-state index contributed by atoms with van der Waals surface area (Å²) in [7, 11) is 0. The predicted octanol–water partition coefficient (Wildman–Crippen LogP) is 3.51. The third kappa shape index (κ3) is 2.48. The summed E-state index contributed by atoms with van der Waals surface area (Å²) in [5.41, 5.74) is 4.00. The molecular formula is C14H23NPb2. The summed E-state index contributed by atoms with van der Waals surface area (Å²) in [4.78, 5) is 0. The normalized spacial score (nSPS) is 40.4. The Morgan fingerprint density at radius 1 is 1.35 bits per heavy atom. The van der Waals surface area contributed by atoms with E-state index in [1.807, 2.05) is 0 Å². The van der Waals surface area contributed by atoms with Crippen LogP contribution in [-0.2, 0) is 0 Å². The maximum atomic E-state index is 4.33. The zero-order valence-corrected chi connectivity index (χ0v) is 19.7. The molecule has 1 nitrogen and oxygen atoms in total. The molecule has 4 atom stereocenters. The molecular weight excluding hydrogens is 597 g/mol. The molecule has 0 amide bonds. The van der Waals surface area contributed by atoms with E-state index in [-0.39, 0.29) is 0 Å². The Morgan fingerprint density at radius 3 is 2.24 bits per heavy atom. The van der Waals surface area contributed by atoms with Crippen molar-refractivity contribution < 1.29 is 0 Å². The number of allylic oxidation sites excluding steroid dienone is 2. The van der Waals surface area contributed by atoms with Crippen LogP contribution in [0, 0.1) is 16.7 Å². The molecule has 17 heavy (non-hydrogen) atoms. The molecule has 0 spiro atoms. The summed E-state index contributed by atoms with van der Waals surface area (Å²) >= 11 is 2.21. The molecule has 0 aromatic carbocycles. The fraction of sp³-hybridized carbons (Fsp3) is 0.786. The molecule has 0 N–H and O–H groups in total. The first-order valence-electron chi connectivity index (χ1n) is 6.30. The van der Waals surface area contributed by atoms with Gasteiger partial charge in [0.25, 0.3) is 0 Å². The van der Waals surface area contributed by atoms with Crippen molar-refractivity contribution in [3.63, 3.8) is 0 Å². The van der Waals surface area contributed by atoms with Crippen LogP contribution in [0.15, 0.2) is 13.9 Å². The van der Waals surface area contributed by atoms with Crippen molar-refractivity contribution >= 4 is 58.0 Å².